The maximum Gasteiger partial charge on any atom is 0.328 e. The number of rotatable bonds is 3. The molecule has 12 heavy (non-hydrogen) atoms. The summed E-state index contributed by atoms with van der Waals surface area (Å²) in [6.45, 7) is 0. The molecule has 2 nitrogen and oxygen atoms in total. The second-order valence-corrected chi connectivity index (χ2v) is 2.89. The second-order valence-electron chi connectivity index (χ2n) is 2.11. The van der Waals surface area contributed by atoms with Crippen molar-refractivity contribution in [2.45, 2.75) is 0 Å². The van der Waals surface area contributed by atoms with Gasteiger partial charge in [0.1, 0.15) is 0 Å². The van der Waals surface area contributed by atoms with Gasteiger partial charge in [-0.3, -0.25) is 0 Å². The van der Waals surface area contributed by atoms with Crippen LogP contribution in [0.5, 0.6) is 0 Å². The van der Waals surface area contributed by atoms with E-state index < -0.39 is 5.97 Å². The molecule has 0 spiro atoms. The molecule has 0 aliphatic rings. The summed E-state index contributed by atoms with van der Waals surface area (Å²) in [6, 6.07) is 1.97. The Morgan fingerprint density at radius 2 is 2.33 bits per heavy atom. The van der Waals surface area contributed by atoms with Crippen LogP contribution in [0.4, 0.5) is 0 Å². The summed E-state index contributed by atoms with van der Waals surface area (Å²) in [5.41, 5.74) is 1.09. The molecule has 0 unspecified atom stereocenters. The number of hydrogen-bond donors (Lipinski definition) is 1. The molecule has 3 heteroatoms. The van der Waals surface area contributed by atoms with Crippen LogP contribution in [0.15, 0.2) is 35.1 Å². The van der Waals surface area contributed by atoms with Crippen molar-refractivity contribution in [1.29, 1.82) is 0 Å². The lowest BCUT2D eigenvalue weighted by Gasteiger charge is -1.78. The van der Waals surface area contributed by atoms with Crippen molar-refractivity contribution in [3.63, 3.8) is 0 Å². The maximum absolute atomic E-state index is 10.0. The van der Waals surface area contributed by atoms with Crippen LogP contribution in [0, 0.1) is 0 Å². The van der Waals surface area contributed by atoms with Gasteiger partial charge in [0, 0.05) is 6.08 Å². The highest BCUT2D eigenvalue weighted by molar-refractivity contribution is 7.08. The van der Waals surface area contributed by atoms with Crippen LogP contribution >= 0.6 is 11.3 Å². The molecular weight excluding hydrogens is 172 g/mol. The molecule has 1 rings (SSSR count). The highest BCUT2D eigenvalue weighted by atomic mass is 32.1. The van der Waals surface area contributed by atoms with E-state index >= 15 is 0 Å². The minimum absolute atomic E-state index is 0.926. The van der Waals surface area contributed by atoms with E-state index in [9.17, 15) is 4.79 Å². The largest absolute Gasteiger partial charge is 0.478 e. The fraction of sp³-hybridized carbons (Fsp3) is 0. The third-order valence-corrected chi connectivity index (χ3v) is 1.88. The second kappa shape index (κ2) is 4.51. The van der Waals surface area contributed by atoms with Crippen molar-refractivity contribution in [3.8, 4) is 0 Å². The Balaban J connectivity index is 2.47. The fourth-order valence-corrected chi connectivity index (χ4v) is 1.30. The number of allylic oxidation sites excluding steroid dienone is 2. The van der Waals surface area contributed by atoms with Crippen LogP contribution in [0.1, 0.15) is 5.56 Å². The van der Waals surface area contributed by atoms with Crippen molar-refractivity contribution < 1.29 is 9.90 Å². The zero-order valence-corrected chi connectivity index (χ0v) is 7.12. The summed E-state index contributed by atoms with van der Waals surface area (Å²) >= 11 is 1.61. The Hall–Kier alpha value is -1.35. The summed E-state index contributed by atoms with van der Waals surface area (Å²) in [7, 11) is 0. The average Bonchev–Trinajstić information content (AvgIpc) is 2.49. The monoisotopic (exact) mass is 180 g/mol. The maximum atomic E-state index is 10.0. The van der Waals surface area contributed by atoms with E-state index in [0.29, 0.717) is 0 Å². The summed E-state index contributed by atoms with van der Waals surface area (Å²) in [5.74, 6) is -0.926. The number of hydrogen-bond acceptors (Lipinski definition) is 2. The van der Waals surface area contributed by atoms with Gasteiger partial charge in [-0.15, -0.1) is 0 Å². The van der Waals surface area contributed by atoms with Gasteiger partial charge in [0.15, 0.2) is 0 Å². The van der Waals surface area contributed by atoms with Crippen molar-refractivity contribution in [1.82, 2.24) is 0 Å². The Bertz CT molecular complexity index is 296. The number of carboxylic acids is 1. The fourth-order valence-electron chi connectivity index (χ4n) is 0.674. The lowest BCUT2D eigenvalue weighted by Crippen LogP contribution is -1.84. The molecule has 1 aromatic heterocycles. The first-order chi connectivity index (χ1) is 5.79. The number of thiophene rings is 1. The normalized spacial score (nSPS) is 11.3. The molecule has 1 heterocycles. The molecule has 0 aliphatic carbocycles. The van der Waals surface area contributed by atoms with Crippen LogP contribution in [0.3, 0.4) is 0 Å². The summed E-state index contributed by atoms with van der Waals surface area (Å²) in [4.78, 5) is 10.0. The standard InChI is InChI=1S/C9H8O2S/c10-9(11)4-2-1-3-8-5-6-12-7-8/h1-7H,(H,10,11)/b3-1+,4-2+. The first kappa shape index (κ1) is 8.74. The third kappa shape index (κ3) is 3.16. The van der Waals surface area contributed by atoms with Gasteiger partial charge in [-0.25, -0.2) is 4.79 Å². The van der Waals surface area contributed by atoms with Gasteiger partial charge < -0.3 is 5.11 Å². The highest BCUT2D eigenvalue weighted by Gasteiger charge is 1.83. The SMILES string of the molecule is O=C(O)/C=C/C=C/c1ccsc1. The number of carboxylic acid groups (broad SMARTS) is 1. The van der Waals surface area contributed by atoms with Crippen molar-refractivity contribution in [2.24, 2.45) is 0 Å². The molecule has 1 N–H and O–H groups in total. The van der Waals surface area contributed by atoms with Gasteiger partial charge in [-0.1, -0.05) is 18.2 Å². The Morgan fingerprint density at radius 1 is 1.50 bits per heavy atom. The zero-order valence-electron chi connectivity index (χ0n) is 6.31. The average molecular weight is 180 g/mol. The van der Waals surface area contributed by atoms with E-state index in [1.807, 2.05) is 22.9 Å². The summed E-state index contributed by atoms with van der Waals surface area (Å²) < 4.78 is 0. The quantitative estimate of drug-likeness (QED) is 0.573. The Morgan fingerprint density at radius 3 is 2.92 bits per heavy atom. The lowest BCUT2D eigenvalue weighted by atomic mass is 10.3. The predicted molar refractivity (Wildman–Crippen MR) is 50.1 cm³/mol. The van der Waals surface area contributed by atoms with Gasteiger partial charge in [0.25, 0.3) is 0 Å². The van der Waals surface area contributed by atoms with Crippen LogP contribution in [0.25, 0.3) is 6.08 Å². The smallest absolute Gasteiger partial charge is 0.328 e. The Labute approximate surface area is 74.5 Å². The molecule has 0 fully saturated rings. The molecule has 0 saturated carbocycles. The lowest BCUT2D eigenvalue weighted by molar-refractivity contribution is -0.131. The van der Waals surface area contributed by atoms with Crippen molar-refractivity contribution in [2.75, 3.05) is 0 Å². The highest BCUT2D eigenvalue weighted by Crippen LogP contribution is 2.07. The van der Waals surface area contributed by atoms with Gasteiger partial charge in [-0.05, 0) is 22.4 Å². The number of aliphatic carboxylic acids is 1. The molecule has 0 radical (unpaired) electrons. The van der Waals surface area contributed by atoms with E-state index in [4.69, 9.17) is 5.11 Å². The minimum atomic E-state index is -0.926. The van der Waals surface area contributed by atoms with Gasteiger partial charge in [0.2, 0.25) is 0 Å². The minimum Gasteiger partial charge on any atom is -0.478 e. The molecule has 62 valence electrons. The van der Waals surface area contributed by atoms with Gasteiger partial charge >= 0.3 is 5.97 Å². The molecule has 0 saturated heterocycles. The van der Waals surface area contributed by atoms with Gasteiger partial charge in [0.05, 0.1) is 0 Å². The molecule has 0 atom stereocenters. The van der Waals surface area contributed by atoms with Crippen LogP contribution in [-0.2, 0) is 4.79 Å². The predicted octanol–water partition coefficient (Wildman–Crippen LogP) is 2.40. The zero-order chi connectivity index (χ0) is 8.81. The van der Waals surface area contributed by atoms with E-state index in [-0.39, 0.29) is 0 Å². The third-order valence-electron chi connectivity index (χ3n) is 1.18. The van der Waals surface area contributed by atoms with Crippen LogP contribution in [0.2, 0.25) is 0 Å². The number of carbonyl (C=O) groups is 1. The van der Waals surface area contributed by atoms with E-state index in [1.165, 1.54) is 6.08 Å². The molecule has 0 aliphatic heterocycles. The Kier molecular flexibility index (Phi) is 3.29. The van der Waals surface area contributed by atoms with Crippen LogP contribution in [-0.4, -0.2) is 11.1 Å². The first-order valence-electron chi connectivity index (χ1n) is 3.39. The van der Waals surface area contributed by atoms with E-state index in [0.717, 1.165) is 11.6 Å². The topological polar surface area (TPSA) is 37.3 Å². The van der Waals surface area contributed by atoms with Crippen molar-refractivity contribution in [3.05, 3.63) is 40.6 Å². The first-order valence-corrected chi connectivity index (χ1v) is 4.33. The summed E-state index contributed by atoms with van der Waals surface area (Å²) in [5, 5.41) is 12.2. The molecule has 0 bridgehead atoms. The van der Waals surface area contributed by atoms with E-state index in [2.05, 4.69) is 0 Å². The molecule has 1 aromatic rings. The molecule has 0 amide bonds. The van der Waals surface area contributed by atoms with Crippen LogP contribution < -0.4 is 0 Å². The van der Waals surface area contributed by atoms with Crippen molar-refractivity contribution >= 4 is 23.4 Å². The molecular formula is C9H8O2S. The van der Waals surface area contributed by atoms with E-state index in [1.54, 1.807) is 17.4 Å². The summed E-state index contributed by atoms with van der Waals surface area (Å²) in [6.07, 6.45) is 6.16. The molecule has 0 aromatic carbocycles. The van der Waals surface area contributed by atoms with Gasteiger partial charge in [-0.2, -0.15) is 11.3 Å².